The van der Waals surface area contributed by atoms with E-state index in [9.17, 15) is 13.5 Å². The van der Waals surface area contributed by atoms with Crippen LogP contribution in [0.5, 0.6) is 0 Å². The molecule has 0 saturated carbocycles. The van der Waals surface area contributed by atoms with Crippen LogP contribution in [0.2, 0.25) is 0 Å². The van der Waals surface area contributed by atoms with Crippen molar-refractivity contribution >= 4 is 10.0 Å². The number of aryl methyl sites for hydroxylation is 1. The van der Waals surface area contributed by atoms with Gasteiger partial charge in [0.15, 0.2) is 0 Å². The molecule has 1 saturated heterocycles. The average Bonchev–Trinajstić information content (AvgIpc) is 2.91. The van der Waals surface area contributed by atoms with Crippen LogP contribution in [0, 0.1) is 0 Å². The quantitative estimate of drug-likeness (QED) is 0.913. The summed E-state index contributed by atoms with van der Waals surface area (Å²) in [4.78, 5) is 0.286. The van der Waals surface area contributed by atoms with Crippen LogP contribution < -0.4 is 0 Å². The second-order valence-corrected chi connectivity index (χ2v) is 7.47. The van der Waals surface area contributed by atoms with Crippen LogP contribution in [-0.4, -0.2) is 34.5 Å². The summed E-state index contributed by atoms with van der Waals surface area (Å²) in [5.74, 6) is 0. The Hall–Kier alpha value is -0.850. The van der Waals surface area contributed by atoms with E-state index in [1.54, 1.807) is 21.1 Å². The lowest BCUT2D eigenvalue weighted by Gasteiger charge is -2.30. The van der Waals surface area contributed by atoms with Crippen LogP contribution in [0.3, 0.4) is 0 Å². The highest BCUT2D eigenvalue weighted by molar-refractivity contribution is 7.89. The van der Waals surface area contributed by atoms with Gasteiger partial charge in [0.25, 0.3) is 0 Å². The largest absolute Gasteiger partial charge is 0.390 e. The fourth-order valence-electron chi connectivity index (χ4n) is 2.75. The van der Waals surface area contributed by atoms with Crippen molar-refractivity contribution in [3.63, 3.8) is 0 Å². The fraction of sp³-hybridized carbons (Fsp3) is 0.692. The van der Waals surface area contributed by atoms with Crippen molar-refractivity contribution in [2.45, 2.75) is 57.2 Å². The molecular weight excluding hydrogens is 264 g/mol. The molecule has 0 unspecified atom stereocenters. The van der Waals surface area contributed by atoms with Crippen LogP contribution in [0.15, 0.2) is 17.2 Å². The molecule has 2 rings (SSSR count). The lowest BCUT2D eigenvalue weighted by Crippen LogP contribution is -2.42. The Morgan fingerprint density at radius 2 is 2.11 bits per heavy atom. The minimum Gasteiger partial charge on any atom is -0.390 e. The van der Waals surface area contributed by atoms with E-state index in [2.05, 4.69) is 0 Å². The smallest absolute Gasteiger partial charge is 0.245 e. The van der Waals surface area contributed by atoms with Gasteiger partial charge in [-0.1, -0.05) is 0 Å². The molecule has 0 atom stereocenters. The molecule has 108 valence electrons. The fourth-order valence-corrected chi connectivity index (χ4v) is 4.66. The van der Waals surface area contributed by atoms with Gasteiger partial charge in [0.05, 0.1) is 6.61 Å². The number of sulfonamides is 1. The zero-order valence-corrected chi connectivity index (χ0v) is 12.6. The number of aromatic nitrogens is 1. The van der Waals surface area contributed by atoms with E-state index in [1.165, 1.54) is 0 Å². The van der Waals surface area contributed by atoms with Crippen molar-refractivity contribution in [3.05, 3.63) is 18.0 Å². The summed E-state index contributed by atoms with van der Waals surface area (Å²) in [6.07, 6.45) is 3.40. The number of rotatable bonds is 4. The van der Waals surface area contributed by atoms with Gasteiger partial charge in [0.1, 0.15) is 4.90 Å². The molecule has 0 radical (unpaired) electrons. The number of hydrogen-bond acceptors (Lipinski definition) is 3. The van der Waals surface area contributed by atoms with Crippen LogP contribution in [0.4, 0.5) is 0 Å². The lowest BCUT2D eigenvalue weighted by molar-refractivity contribution is 0.271. The van der Waals surface area contributed by atoms with Gasteiger partial charge in [0.2, 0.25) is 10.0 Å². The average molecular weight is 286 g/mol. The first-order chi connectivity index (χ1) is 8.82. The van der Waals surface area contributed by atoms with E-state index < -0.39 is 10.0 Å². The van der Waals surface area contributed by atoms with Crippen molar-refractivity contribution in [1.82, 2.24) is 8.87 Å². The molecule has 6 heteroatoms. The Morgan fingerprint density at radius 1 is 1.42 bits per heavy atom. The summed E-state index contributed by atoms with van der Waals surface area (Å²) >= 11 is 0. The van der Waals surface area contributed by atoms with Crippen molar-refractivity contribution in [2.75, 3.05) is 6.54 Å². The highest BCUT2D eigenvalue weighted by Gasteiger charge is 2.41. The zero-order valence-electron chi connectivity index (χ0n) is 11.8. The second kappa shape index (κ2) is 4.92. The van der Waals surface area contributed by atoms with E-state index in [-0.39, 0.29) is 17.0 Å². The zero-order chi connectivity index (χ0) is 14.3. The van der Waals surface area contributed by atoms with E-state index >= 15 is 0 Å². The number of aliphatic hydroxyl groups excluding tert-OH is 1. The molecule has 5 nitrogen and oxygen atoms in total. The van der Waals surface area contributed by atoms with Crippen LogP contribution >= 0.6 is 0 Å². The molecule has 1 aliphatic rings. The third kappa shape index (κ3) is 2.44. The van der Waals surface area contributed by atoms with Crippen molar-refractivity contribution < 1.29 is 13.5 Å². The molecule has 0 amide bonds. The highest BCUT2D eigenvalue weighted by Crippen LogP contribution is 2.34. The Kier molecular flexibility index (Phi) is 3.77. The van der Waals surface area contributed by atoms with Crippen molar-refractivity contribution in [3.8, 4) is 0 Å². The van der Waals surface area contributed by atoms with E-state index in [4.69, 9.17) is 0 Å². The summed E-state index contributed by atoms with van der Waals surface area (Å²) in [5.41, 5.74) is 0.310. The molecule has 1 aliphatic heterocycles. The summed E-state index contributed by atoms with van der Waals surface area (Å²) in [6, 6.07) is 1.58. The van der Waals surface area contributed by atoms with E-state index in [0.717, 1.165) is 12.8 Å². The van der Waals surface area contributed by atoms with Gasteiger partial charge in [-0.05, 0) is 39.7 Å². The minimum absolute atomic E-state index is 0.146. The lowest BCUT2D eigenvalue weighted by atomic mass is 10.0. The molecule has 0 aromatic carbocycles. The minimum atomic E-state index is -3.47. The molecule has 1 aromatic rings. The second-order valence-electron chi connectivity index (χ2n) is 5.60. The molecule has 1 aromatic heterocycles. The molecule has 0 aliphatic carbocycles. The summed E-state index contributed by atoms with van der Waals surface area (Å²) < 4.78 is 28.7. The monoisotopic (exact) mass is 286 g/mol. The topological polar surface area (TPSA) is 62.5 Å². The molecule has 2 heterocycles. The predicted octanol–water partition coefficient (Wildman–Crippen LogP) is 1.56. The number of nitrogens with zero attached hydrogens (tertiary/aromatic N) is 2. The molecule has 0 bridgehead atoms. The van der Waals surface area contributed by atoms with Gasteiger partial charge in [-0.25, -0.2) is 8.42 Å². The van der Waals surface area contributed by atoms with Gasteiger partial charge in [-0.15, -0.1) is 0 Å². The molecule has 1 fully saturated rings. The Balaban J connectivity index is 2.42. The predicted molar refractivity (Wildman–Crippen MR) is 73.2 cm³/mol. The highest BCUT2D eigenvalue weighted by atomic mass is 32.2. The van der Waals surface area contributed by atoms with Crippen LogP contribution in [0.25, 0.3) is 0 Å². The summed E-state index contributed by atoms with van der Waals surface area (Å²) in [7, 11) is -3.47. The van der Waals surface area contributed by atoms with Gasteiger partial charge in [0, 0.05) is 30.5 Å². The number of hydrogen-bond donors (Lipinski definition) is 1. The SMILES string of the molecule is CCn1cc(S(=O)(=O)N2CCCC2(C)C)cc1CO. The third-order valence-corrected chi connectivity index (χ3v) is 5.95. The molecular formula is C13H22N2O3S. The van der Waals surface area contributed by atoms with Crippen molar-refractivity contribution in [1.29, 1.82) is 0 Å². The first-order valence-electron chi connectivity index (χ1n) is 6.65. The van der Waals surface area contributed by atoms with E-state index in [1.807, 2.05) is 20.8 Å². The summed E-state index contributed by atoms with van der Waals surface area (Å²) in [6.45, 7) is 6.92. The van der Waals surface area contributed by atoms with Gasteiger partial charge in [-0.3, -0.25) is 0 Å². The van der Waals surface area contributed by atoms with Gasteiger partial charge < -0.3 is 9.67 Å². The molecule has 1 N–H and O–H groups in total. The maximum absolute atomic E-state index is 12.7. The third-order valence-electron chi connectivity index (χ3n) is 3.88. The van der Waals surface area contributed by atoms with Crippen LogP contribution in [0.1, 0.15) is 39.3 Å². The Morgan fingerprint density at radius 3 is 2.53 bits per heavy atom. The summed E-state index contributed by atoms with van der Waals surface area (Å²) in [5, 5.41) is 9.27. The van der Waals surface area contributed by atoms with E-state index in [0.29, 0.717) is 18.8 Å². The van der Waals surface area contributed by atoms with Gasteiger partial charge in [-0.2, -0.15) is 4.31 Å². The molecule has 19 heavy (non-hydrogen) atoms. The first-order valence-corrected chi connectivity index (χ1v) is 8.09. The molecule has 0 spiro atoms. The van der Waals surface area contributed by atoms with Crippen molar-refractivity contribution in [2.24, 2.45) is 0 Å². The van der Waals surface area contributed by atoms with Gasteiger partial charge >= 0.3 is 0 Å². The Bertz CT molecular complexity index is 539. The maximum Gasteiger partial charge on any atom is 0.245 e. The first kappa shape index (κ1) is 14.6. The Labute approximate surface area is 114 Å². The van der Waals surface area contributed by atoms with Crippen LogP contribution in [-0.2, 0) is 23.2 Å². The maximum atomic E-state index is 12.7. The number of aliphatic hydroxyl groups is 1. The standard InChI is InChI=1S/C13H22N2O3S/c1-4-14-9-12(8-11(14)10-16)19(17,18)15-7-5-6-13(15,2)3/h8-9,16H,4-7,10H2,1-3H3. The normalized spacial score (nSPS) is 20.0.